The maximum atomic E-state index is 12.2. The van der Waals surface area contributed by atoms with E-state index in [-0.39, 0.29) is 29.7 Å². The molecule has 1 amide bonds. The summed E-state index contributed by atoms with van der Waals surface area (Å²) in [5.74, 6) is 0.952. The number of carbonyl (C=O) groups is 1. The van der Waals surface area contributed by atoms with E-state index in [2.05, 4.69) is 29.8 Å². The molecule has 0 saturated heterocycles. The van der Waals surface area contributed by atoms with Crippen LogP contribution in [0.15, 0.2) is 30.3 Å². The van der Waals surface area contributed by atoms with Crippen LogP contribution >= 0.6 is 0 Å². The van der Waals surface area contributed by atoms with E-state index in [1.54, 1.807) is 19.2 Å². The zero-order chi connectivity index (χ0) is 17.7. The van der Waals surface area contributed by atoms with Gasteiger partial charge in [0, 0.05) is 17.3 Å². The minimum absolute atomic E-state index is 0.0606. The molecule has 0 radical (unpaired) electrons. The van der Waals surface area contributed by atoms with Crippen molar-refractivity contribution in [3.63, 3.8) is 0 Å². The van der Waals surface area contributed by atoms with Crippen LogP contribution in [0.2, 0.25) is 0 Å². The highest BCUT2D eigenvalue weighted by atomic mass is 16.5. The molecule has 4 rings (SSSR count). The van der Waals surface area contributed by atoms with Gasteiger partial charge in [-0.3, -0.25) is 4.79 Å². The number of phenols is 1. The Labute approximate surface area is 146 Å². The van der Waals surface area contributed by atoms with Crippen molar-refractivity contribution in [3.8, 4) is 11.5 Å². The molecule has 2 aromatic carbocycles. The van der Waals surface area contributed by atoms with Crippen LogP contribution < -0.4 is 20.7 Å². The number of amides is 1. The minimum Gasteiger partial charge on any atom is -0.508 e. The van der Waals surface area contributed by atoms with Crippen LogP contribution in [0.25, 0.3) is 0 Å². The molecule has 130 valence electrons. The molecule has 2 unspecified atom stereocenters. The van der Waals surface area contributed by atoms with Crippen molar-refractivity contribution in [2.45, 2.75) is 25.9 Å². The van der Waals surface area contributed by atoms with E-state index in [0.29, 0.717) is 5.75 Å². The van der Waals surface area contributed by atoms with Crippen molar-refractivity contribution < 1.29 is 14.6 Å². The third-order valence-electron chi connectivity index (χ3n) is 4.86. The van der Waals surface area contributed by atoms with Gasteiger partial charge >= 0.3 is 0 Å². The Bertz CT molecular complexity index is 863. The predicted molar refractivity (Wildman–Crippen MR) is 97.3 cm³/mol. The zero-order valence-electron chi connectivity index (χ0n) is 14.4. The van der Waals surface area contributed by atoms with Gasteiger partial charge in [0.1, 0.15) is 17.7 Å². The second-order valence-corrected chi connectivity index (χ2v) is 6.84. The largest absolute Gasteiger partial charge is 0.508 e. The molecular weight excluding hydrogens is 318 g/mol. The van der Waals surface area contributed by atoms with Crippen molar-refractivity contribution >= 4 is 23.0 Å². The third kappa shape index (κ3) is 2.45. The quantitative estimate of drug-likeness (QED) is 0.686. The van der Waals surface area contributed by atoms with E-state index in [0.717, 1.165) is 28.2 Å². The van der Waals surface area contributed by atoms with Gasteiger partial charge in [-0.25, -0.2) is 0 Å². The van der Waals surface area contributed by atoms with Gasteiger partial charge in [0.15, 0.2) is 0 Å². The number of fused-ring (bicyclic) bond motifs is 2. The molecule has 2 aromatic rings. The fraction of sp³-hybridized carbons (Fsp3) is 0.316. The van der Waals surface area contributed by atoms with Gasteiger partial charge in [-0.1, -0.05) is 13.8 Å². The number of benzene rings is 2. The minimum atomic E-state index is -0.165. The zero-order valence-corrected chi connectivity index (χ0v) is 14.4. The average molecular weight is 339 g/mol. The summed E-state index contributed by atoms with van der Waals surface area (Å²) in [6.07, 6.45) is -0.165. The standard InChI is InChI=1S/C19H21N3O3/c1-9(2)17-12-7-14-15(8-13(12)22-19(17)24)21-18(20-14)11-5-4-10(23)6-16(11)25-3/h4-9,17-18,20-21,23H,1-3H3,(H,22,24). The molecule has 4 N–H and O–H groups in total. The van der Waals surface area contributed by atoms with E-state index in [1.165, 1.54) is 0 Å². The number of carbonyl (C=O) groups excluding carboxylic acids is 1. The lowest BCUT2D eigenvalue weighted by molar-refractivity contribution is -0.117. The average Bonchev–Trinajstić information content (AvgIpc) is 3.11. The SMILES string of the molecule is COc1cc(O)ccc1C1Nc2cc3c(cc2N1)C(C(C)C)C(=O)N3. The summed E-state index contributed by atoms with van der Waals surface area (Å²) in [5.41, 5.74) is 4.70. The fourth-order valence-electron chi connectivity index (χ4n) is 3.68. The number of phenolic OH excluding ortho intramolecular Hbond substituents is 1. The molecule has 0 bridgehead atoms. The summed E-state index contributed by atoms with van der Waals surface area (Å²) in [5, 5.41) is 19.5. The second-order valence-electron chi connectivity index (χ2n) is 6.84. The van der Waals surface area contributed by atoms with E-state index >= 15 is 0 Å². The first-order chi connectivity index (χ1) is 12.0. The molecule has 25 heavy (non-hydrogen) atoms. The summed E-state index contributed by atoms with van der Waals surface area (Å²) in [4.78, 5) is 12.2. The van der Waals surface area contributed by atoms with Crippen LogP contribution in [0.4, 0.5) is 17.1 Å². The van der Waals surface area contributed by atoms with Gasteiger partial charge in [0.05, 0.1) is 24.4 Å². The van der Waals surface area contributed by atoms with Gasteiger partial charge in [0.2, 0.25) is 5.91 Å². The van der Waals surface area contributed by atoms with Crippen molar-refractivity contribution in [1.82, 2.24) is 0 Å². The number of anilines is 3. The molecule has 2 aliphatic heterocycles. The molecule has 6 nitrogen and oxygen atoms in total. The lowest BCUT2D eigenvalue weighted by Crippen LogP contribution is -2.17. The van der Waals surface area contributed by atoms with Crippen LogP contribution in [0.3, 0.4) is 0 Å². The fourth-order valence-corrected chi connectivity index (χ4v) is 3.68. The first-order valence-electron chi connectivity index (χ1n) is 8.36. The summed E-state index contributed by atoms with van der Waals surface area (Å²) in [7, 11) is 1.58. The van der Waals surface area contributed by atoms with Gasteiger partial charge in [-0.2, -0.15) is 0 Å². The lowest BCUT2D eigenvalue weighted by atomic mass is 9.89. The highest BCUT2D eigenvalue weighted by Gasteiger charge is 2.35. The molecule has 0 aromatic heterocycles. The number of hydrogen-bond acceptors (Lipinski definition) is 5. The van der Waals surface area contributed by atoms with Crippen LogP contribution in [-0.4, -0.2) is 18.1 Å². The van der Waals surface area contributed by atoms with Gasteiger partial charge in [0.25, 0.3) is 0 Å². The number of nitrogens with one attached hydrogen (secondary N) is 3. The monoisotopic (exact) mass is 339 g/mol. The van der Waals surface area contributed by atoms with Gasteiger partial charge < -0.3 is 25.8 Å². The van der Waals surface area contributed by atoms with Crippen molar-refractivity contribution in [3.05, 3.63) is 41.5 Å². The number of ether oxygens (including phenoxy) is 1. The van der Waals surface area contributed by atoms with Crippen LogP contribution in [0, 0.1) is 5.92 Å². The predicted octanol–water partition coefficient (Wildman–Crippen LogP) is 3.63. The number of rotatable bonds is 3. The van der Waals surface area contributed by atoms with Crippen LogP contribution in [-0.2, 0) is 4.79 Å². The van der Waals surface area contributed by atoms with E-state index in [4.69, 9.17) is 4.74 Å². The molecular formula is C19H21N3O3. The highest BCUT2D eigenvalue weighted by molar-refractivity contribution is 6.05. The Balaban J connectivity index is 1.68. The van der Waals surface area contributed by atoms with Crippen LogP contribution in [0.1, 0.15) is 37.1 Å². The maximum Gasteiger partial charge on any atom is 0.232 e. The maximum absolute atomic E-state index is 12.2. The molecule has 0 aliphatic carbocycles. The molecule has 2 atom stereocenters. The van der Waals surface area contributed by atoms with E-state index in [1.807, 2.05) is 18.2 Å². The van der Waals surface area contributed by atoms with Crippen molar-refractivity contribution in [2.24, 2.45) is 5.92 Å². The first kappa shape index (κ1) is 15.6. The molecule has 0 spiro atoms. The summed E-state index contributed by atoms with van der Waals surface area (Å²) >= 11 is 0. The number of methoxy groups -OCH3 is 1. The van der Waals surface area contributed by atoms with E-state index < -0.39 is 0 Å². The molecule has 0 fully saturated rings. The Morgan fingerprint density at radius 3 is 2.44 bits per heavy atom. The highest BCUT2D eigenvalue weighted by Crippen LogP contribution is 2.46. The summed E-state index contributed by atoms with van der Waals surface area (Å²) < 4.78 is 5.38. The normalized spacial score (nSPS) is 20.6. The van der Waals surface area contributed by atoms with Gasteiger partial charge in [-0.15, -0.1) is 0 Å². The van der Waals surface area contributed by atoms with E-state index in [9.17, 15) is 9.90 Å². The Hall–Kier alpha value is -2.89. The Morgan fingerprint density at radius 2 is 1.76 bits per heavy atom. The third-order valence-corrected chi connectivity index (χ3v) is 4.86. The summed E-state index contributed by atoms with van der Waals surface area (Å²) in [6.45, 7) is 4.12. The lowest BCUT2D eigenvalue weighted by Gasteiger charge is -2.16. The second kappa shape index (κ2) is 5.58. The van der Waals surface area contributed by atoms with Crippen molar-refractivity contribution in [2.75, 3.05) is 23.1 Å². The first-order valence-corrected chi connectivity index (χ1v) is 8.36. The molecule has 6 heteroatoms. The number of aromatic hydroxyl groups is 1. The van der Waals surface area contributed by atoms with Gasteiger partial charge in [-0.05, 0) is 35.7 Å². The molecule has 0 saturated carbocycles. The Kier molecular flexibility index (Phi) is 3.49. The Morgan fingerprint density at radius 1 is 1.04 bits per heavy atom. The summed E-state index contributed by atoms with van der Waals surface area (Å²) in [6, 6.07) is 9.09. The van der Waals surface area contributed by atoms with Crippen molar-refractivity contribution in [1.29, 1.82) is 0 Å². The topological polar surface area (TPSA) is 82.6 Å². The smallest absolute Gasteiger partial charge is 0.232 e. The van der Waals surface area contributed by atoms with Crippen LogP contribution in [0.5, 0.6) is 11.5 Å². The molecule has 2 heterocycles. The molecule has 2 aliphatic rings. The number of hydrogen-bond donors (Lipinski definition) is 4.